The van der Waals surface area contributed by atoms with Crippen LogP contribution >= 0.6 is 12.4 Å². The smallest absolute Gasteiger partial charge is 0.271 e. The Morgan fingerprint density at radius 1 is 1.28 bits per heavy atom. The third kappa shape index (κ3) is 4.14. The molecule has 136 valence electrons. The van der Waals surface area contributed by atoms with Crippen molar-refractivity contribution in [2.75, 3.05) is 19.6 Å². The summed E-state index contributed by atoms with van der Waals surface area (Å²) in [7, 11) is 0. The number of halogens is 1. The molecule has 0 bridgehead atoms. The lowest BCUT2D eigenvalue weighted by Crippen LogP contribution is -2.52. The molecule has 0 radical (unpaired) electrons. The number of nitrogens with zero attached hydrogens (tertiary/aromatic N) is 2. The van der Waals surface area contributed by atoms with Crippen molar-refractivity contribution in [3.05, 3.63) is 51.9 Å². The summed E-state index contributed by atoms with van der Waals surface area (Å²) in [6.45, 7) is 6.49. The van der Waals surface area contributed by atoms with Gasteiger partial charge in [-0.25, -0.2) is 4.68 Å². The minimum atomic E-state index is -0.0757. The first-order chi connectivity index (χ1) is 11.6. The molecule has 0 aliphatic carbocycles. The highest BCUT2D eigenvalue weighted by Crippen LogP contribution is 2.13. The molecule has 1 saturated heterocycles. The van der Waals surface area contributed by atoms with Gasteiger partial charge in [-0.15, -0.1) is 12.4 Å². The number of hydrogen-bond donors (Lipinski definition) is 2. The third-order valence-corrected chi connectivity index (χ3v) is 4.43. The van der Waals surface area contributed by atoms with Crippen LogP contribution in [0.3, 0.4) is 0 Å². The van der Waals surface area contributed by atoms with Gasteiger partial charge in [0.25, 0.3) is 11.5 Å². The van der Waals surface area contributed by atoms with E-state index in [1.807, 2.05) is 24.0 Å². The Morgan fingerprint density at radius 3 is 2.64 bits per heavy atom. The number of hydrogen-bond acceptors (Lipinski definition) is 3. The van der Waals surface area contributed by atoms with Gasteiger partial charge in [0, 0.05) is 43.0 Å². The lowest BCUT2D eigenvalue weighted by molar-refractivity contribution is 0.0656. The summed E-state index contributed by atoms with van der Waals surface area (Å²) < 4.78 is 1.52. The first kappa shape index (κ1) is 19.3. The number of carbonyl (C=O) groups is 1. The maximum Gasteiger partial charge on any atom is 0.271 e. The van der Waals surface area contributed by atoms with E-state index in [1.54, 1.807) is 18.2 Å². The quantitative estimate of drug-likeness (QED) is 0.871. The number of aryl methyl sites for hydroxylation is 1. The van der Waals surface area contributed by atoms with Crippen LogP contribution in [0.1, 0.15) is 36.3 Å². The van der Waals surface area contributed by atoms with E-state index >= 15 is 0 Å². The van der Waals surface area contributed by atoms with Crippen molar-refractivity contribution in [2.24, 2.45) is 0 Å². The van der Waals surface area contributed by atoms with Crippen LogP contribution in [0.4, 0.5) is 0 Å². The van der Waals surface area contributed by atoms with Crippen LogP contribution in [0.25, 0.3) is 5.69 Å². The second-order valence-electron chi connectivity index (χ2n) is 6.30. The van der Waals surface area contributed by atoms with E-state index in [2.05, 4.69) is 17.3 Å². The van der Waals surface area contributed by atoms with Gasteiger partial charge in [-0.3, -0.25) is 14.7 Å². The molecular weight excluding hydrogens is 340 g/mol. The van der Waals surface area contributed by atoms with Gasteiger partial charge in [0.1, 0.15) is 0 Å². The van der Waals surface area contributed by atoms with Gasteiger partial charge in [-0.2, -0.15) is 0 Å². The molecule has 6 nitrogen and oxygen atoms in total. The molecule has 7 heteroatoms. The molecule has 1 amide bonds. The van der Waals surface area contributed by atoms with Gasteiger partial charge in [0.05, 0.1) is 5.69 Å². The predicted octanol–water partition coefficient (Wildman–Crippen LogP) is 1.97. The number of carbonyl (C=O) groups excluding carboxylic acids is 1. The Bertz CT molecular complexity index is 766. The monoisotopic (exact) mass is 364 g/mol. The summed E-state index contributed by atoms with van der Waals surface area (Å²) in [4.78, 5) is 26.6. The van der Waals surface area contributed by atoms with Crippen molar-refractivity contribution in [3.63, 3.8) is 0 Å². The minimum absolute atomic E-state index is 0. The summed E-state index contributed by atoms with van der Waals surface area (Å²) >= 11 is 0. The van der Waals surface area contributed by atoms with Crippen LogP contribution in [0.15, 0.2) is 35.1 Å². The number of rotatable bonds is 4. The summed E-state index contributed by atoms with van der Waals surface area (Å²) in [6, 6.07) is 9.03. The summed E-state index contributed by atoms with van der Waals surface area (Å²) in [5.41, 5.74) is 2.25. The molecule has 1 fully saturated rings. The van der Waals surface area contributed by atoms with E-state index in [4.69, 9.17) is 0 Å². The highest BCUT2D eigenvalue weighted by atomic mass is 35.5. The van der Waals surface area contributed by atoms with Gasteiger partial charge in [-0.1, -0.05) is 13.3 Å². The average molecular weight is 365 g/mol. The fourth-order valence-electron chi connectivity index (χ4n) is 3.10. The Balaban J connectivity index is 0.00000225. The van der Waals surface area contributed by atoms with Crippen LogP contribution in [-0.2, 0) is 6.42 Å². The number of aromatic nitrogens is 2. The van der Waals surface area contributed by atoms with Gasteiger partial charge in [-0.05, 0) is 37.6 Å². The molecule has 2 aromatic rings. The summed E-state index contributed by atoms with van der Waals surface area (Å²) in [5, 5.41) is 6.40. The van der Waals surface area contributed by atoms with E-state index < -0.39 is 0 Å². The number of H-pyrrole nitrogens is 1. The topological polar surface area (TPSA) is 70.1 Å². The van der Waals surface area contributed by atoms with Crippen LogP contribution in [0.5, 0.6) is 0 Å². The maximum absolute atomic E-state index is 12.6. The molecule has 1 unspecified atom stereocenters. The first-order valence-electron chi connectivity index (χ1n) is 8.53. The lowest BCUT2D eigenvalue weighted by atomic mass is 10.1. The van der Waals surface area contributed by atoms with Crippen LogP contribution in [0, 0.1) is 0 Å². The van der Waals surface area contributed by atoms with E-state index in [9.17, 15) is 9.59 Å². The third-order valence-electron chi connectivity index (χ3n) is 4.43. The van der Waals surface area contributed by atoms with E-state index in [0.717, 1.165) is 43.9 Å². The Kier molecular flexibility index (Phi) is 6.45. The molecule has 25 heavy (non-hydrogen) atoms. The van der Waals surface area contributed by atoms with Crippen LogP contribution in [-0.4, -0.2) is 46.3 Å². The number of aromatic amines is 1. The van der Waals surface area contributed by atoms with Crippen molar-refractivity contribution in [3.8, 4) is 5.69 Å². The van der Waals surface area contributed by atoms with Crippen molar-refractivity contribution in [1.82, 2.24) is 20.0 Å². The van der Waals surface area contributed by atoms with Gasteiger partial charge < -0.3 is 10.2 Å². The largest absolute Gasteiger partial charge is 0.333 e. The molecule has 1 aliphatic heterocycles. The van der Waals surface area contributed by atoms with Crippen LogP contribution < -0.4 is 10.9 Å². The number of benzene rings is 1. The highest BCUT2D eigenvalue weighted by molar-refractivity contribution is 5.94. The predicted molar refractivity (Wildman–Crippen MR) is 101 cm³/mol. The highest BCUT2D eigenvalue weighted by Gasteiger charge is 2.23. The van der Waals surface area contributed by atoms with E-state index in [-0.39, 0.29) is 29.9 Å². The molecule has 2 heterocycles. The molecule has 0 spiro atoms. The van der Waals surface area contributed by atoms with Crippen molar-refractivity contribution < 1.29 is 4.79 Å². The minimum Gasteiger partial charge on any atom is -0.333 e. The Morgan fingerprint density at radius 2 is 2.00 bits per heavy atom. The van der Waals surface area contributed by atoms with Gasteiger partial charge in [0.15, 0.2) is 0 Å². The molecule has 1 aromatic heterocycles. The van der Waals surface area contributed by atoms with Crippen molar-refractivity contribution >= 4 is 18.3 Å². The Labute approximate surface area is 153 Å². The van der Waals surface area contributed by atoms with Crippen molar-refractivity contribution in [1.29, 1.82) is 0 Å². The van der Waals surface area contributed by atoms with E-state index in [1.165, 1.54) is 4.68 Å². The number of nitrogens with one attached hydrogen (secondary N) is 2. The second-order valence-corrected chi connectivity index (χ2v) is 6.30. The first-order valence-corrected chi connectivity index (χ1v) is 8.53. The van der Waals surface area contributed by atoms with Crippen molar-refractivity contribution in [2.45, 2.75) is 32.7 Å². The normalized spacial score (nSPS) is 17.2. The molecule has 1 aromatic carbocycles. The summed E-state index contributed by atoms with van der Waals surface area (Å²) in [6.07, 6.45) is 1.83. The SMILES string of the molecule is CCCc1cc(=O)n(-c2ccc(C(=O)N3CCNCC3C)cc2)[nH]1.Cl. The number of amides is 1. The fraction of sp³-hybridized carbons (Fsp3) is 0.444. The fourth-order valence-corrected chi connectivity index (χ4v) is 3.10. The Hall–Kier alpha value is -2.05. The molecule has 0 saturated carbocycles. The number of piperazine rings is 1. The molecule has 2 N–H and O–H groups in total. The van der Waals surface area contributed by atoms with Gasteiger partial charge >= 0.3 is 0 Å². The lowest BCUT2D eigenvalue weighted by Gasteiger charge is -2.34. The molecular formula is C18H25ClN4O2. The zero-order chi connectivity index (χ0) is 17.1. The van der Waals surface area contributed by atoms with Crippen LogP contribution in [0.2, 0.25) is 0 Å². The van der Waals surface area contributed by atoms with E-state index in [0.29, 0.717) is 5.56 Å². The second kappa shape index (κ2) is 8.36. The molecule has 3 rings (SSSR count). The average Bonchev–Trinajstić information content (AvgIpc) is 2.96. The summed E-state index contributed by atoms with van der Waals surface area (Å²) in [5.74, 6) is 0.0426. The zero-order valence-electron chi connectivity index (χ0n) is 14.6. The molecule has 1 aliphatic rings. The standard InChI is InChI=1S/C18H24N4O2.ClH/c1-3-4-15-11-17(23)22(20-15)16-7-5-14(6-8-16)18(24)21-10-9-19-12-13(21)2;/h5-8,11,13,19-20H,3-4,9-10,12H2,1-2H3;1H. The maximum atomic E-state index is 12.6. The molecule has 1 atom stereocenters. The van der Waals surface area contributed by atoms with Gasteiger partial charge in [0.2, 0.25) is 0 Å². The zero-order valence-corrected chi connectivity index (χ0v) is 15.4.